The molecule has 0 radical (unpaired) electrons. The molecule has 3 N–H and O–H groups in total. The van der Waals surface area contributed by atoms with E-state index in [1.54, 1.807) is 12.4 Å². The van der Waals surface area contributed by atoms with E-state index >= 15 is 0 Å². The van der Waals surface area contributed by atoms with Crippen molar-refractivity contribution in [3.8, 4) is 0 Å². The van der Waals surface area contributed by atoms with Gasteiger partial charge in [0.2, 0.25) is 5.91 Å². The molecule has 0 saturated heterocycles. The Morgan fingerprint density at radius 2 is 2.24 bits per heavy atom. The summed E-state index contributed by atoms with van der Waals surface area (Å²) in [5.74, 6) is -0.340. The zero-order valence-electron chi connectivity index (χ0n) is 10.6. The van der Waals surface area contributed by atoms with Gasteiger partial charge in [0.15, 0.2) is 0 Å². The number of anilines is 2. The van der Waals surface area contributed by atoms with Crippen LogP contribution in [0.3, 0.4) is 0 Å². The summed E-state index contributed by atoms with van der Waals surface area (Å²) in [6, 6.07) is 2.17. The summed E-state index contributed by atoms with van der Waals surface area (Å²) in [6.45, 7) is 7.10. The molecular formula is C12H20N4O. The highest BCUT2D eigenvalue weighted by Crippen LogP contribution is 2.19. The van der Waals surface area contributed by atoms with Gasteiger partial charge in [-0.05, 0) is 26.8 Å². The third kappa shape index (κ3) is 3.94. The topological polar surface area (TPSA) is 71.2 Å². The second-order valence-corrected chi connectivity index (χ2v) is 4.15. The first kappa shape index (κ1) is 13.3. The number of carbonyl (C=O) groups is 1. The number of pyridine rings is 1. The Morgan fingerprint density at radius 1 is 1.53 bits per heavy atom. The summed E-state index contributed by atoms with van der Waals surface area (Å²) in [7, 11) is 0. The van der Waals surface area contributed by atoms with Crippen molar-refractivity contribution in [2.45, 2.75) is 26.8 Å². The van der Waals surface area contributed by atoms with E-state index in [2.05, 4.69) is 10.3 Å². The number of nitrogens with two attached hydrogens (primary N) is 1. The smallest absolute Gasteiger partial charge is 0.236 e. The SMILES string of the molecule is CCNc1cncc(N(CC(N)=O)C(C)C)c1. The van der Waals surface area contributed by atoms with Gasteiger partial charge in [0, 0.05) is 12.6 Å². The minimum Gasteiger partial charge on any atom is -0.384 e. The lowest BCUT2D eigenvalue weighted by molar-refractivity contribution is -0.116. The summed E-state index contributed by atoms with van der Waals surface area (Å²) < 4.78 is 0. The Kier molecular flexibility index (Phi) is 4.75. The number of carbonyl (C=O) groups excluding carboxylic acids is 1. The van der Waals surface area contributed by atoms with E-state index in [-0.39, 0.29) is 18.5 Å². The lowest BCUT2D eigenvalue weighted by Gasteiger charge is -2.27. The number of nitrogens with one attached hydrogen (secondary N) is 1. The normalized spacial score (nSPS) is 10.4. The number of hydrogen-bond donors (Lipinski definition) is 2. The summed E-state index contributed by atoms with van der Waals surface area (Å²) in [5.41, 5.74) is 7.09. The predicted molar refractivity (Wildman–Crippen MR) is 70.1 cm³/mol. The van der Waals surface area contributed by atoms with Crippen LogP contribution in [0.15, 0.2) is 18.5 Å². The van der Waals surface area contributed by atoms with Crippen molar-refractivity contribution in [3.05, 3.63) is 18.5 Å². The van der Waals surface area contributed by atoms with Crippen molar-refractivity contribution in [3.63, 3.8) is 0 Å². The van der Waals surface area contributed by atoms with Crippen LogP contribution in [0.1, 0.15) is 20.8 Å². The first-order valence-corrected chi connectivity index (χ1v) is 5.78. The fourth-order valence-corrected chi connectivity index (χ4v) is 1.63. The van der Waals surface area contributed by atoms with Crippen LogP contribution in [0.4, 0.5) is 11.4 Å². The van der Waals surface area contributed by atoms with E-state index in [1.807, 2.05) is 31.7 Å². The van der Waals surface area contributed by atoms with Crippen molar-refractivity contribution >= 4 is 17.3 Å². The predicted octanol–water partition coefficient (Wildman–Crippen LogP) is 1.21. The third-order valence-corrected chi connectivity index (χ3v) is 2.39. The molecule has 0 saturated carbocycles. The van der Waals surface area contributed by atoms with Crippen molar-refractivity contribution in [1.82, 2.24) is 4.98 Å². The van der Waals surface area contributed by atoms with Crippen LogP contribution in [0.2, 0.25) is 0 Å². The molecule has 1 rings (SSSR count). The maximum absolute atomic E-state index is 11.0. The second kappa shape index (κ2) is 6.08. The molecule has 0 spiro atoms. The van der Waals surface area contributed by atoms with Gasteiger partial charge < -0.3 is 16.0 Å². The maximum Gasteiger partial charge on any atom is 0.236 e. The molecule has 1 amide bonds. The van der Waals surface area contributed by atoms with E-state index in [0.29, 0.717) is 0 Å². The van der Waals surface area contributed by atoms with E-state index in [9.17, 15) is 4.79 Å². The van der Waals surface area contributed by atoms with Crippen LogP contribution in [-0.2, 0) is 4.79 Å². The average Bonchev–Trinajstić information content (AvgIpc) is 2.26. The van der Waals surface area contributed by atoms with Gasteiger partial charge in [0.05, 0.1) is 30.3 Å². The van der Waals surface area contributed by atoms with Crippen LogP contribution >= 0.6 is 0 Å². The van der Waals surface area contributed by atoms with Gasteiger partial charge in [-0.3, -0.25) is 9.78 Å². The minimum absolute atomic E-state index is 0.196. The van der Waals surface area contributed by atoms with Crippen LogP contribution in [0, 0.1) is 0 Å². The first-order chi connectivity index (χ1) is 8.04. The molecule has 0 aliphatic rings. The van der Waals surface area contributed by atoms with E-state index in [1.165, 1.54) is 0 Å². The molecule has 0 aliphatic heterocycles. The molecule has 1 aromatic heterocycles. The largest absolute Gasteiger partial charge is 0.384 e. The number of nitrogens with zero attached hydrogens (tertiary/aromatic N) is 2. The van der Waals surface area contributed by atoms with E-state index in [0.717, 1.165) is 17.9 Å². The van der Waals surface area contributed by atoms with Crippen LogP contribution in [0.5, 0.6) is 0 Å². The maximum atomic E-state index is 11.0. The summed E-state index contributed by atoms with van der Waals surface area (Å²) in [5, 5.41) is 3.19. The molecule has 0 unspecified atom stereocenters. The number of aromatic nitrogens is 1. The van der Waals surface area contributed by atoms with E-state index in [4.69, 9.17) is 5.73 Å². The lowest BCUT2D eigenvalue weighted by Crippen LogP contribution is -2.38. The number of rotatable bonds is 6. The molecule has 0 aliphatic carbocycles. The molecule has 0 bridgehead atoms. The zero-order valence-corrected chi connectivity index (χ0v) is 10.6. The molecule has 1 aromatic rings. The number of amides is 1. The van der Waals surface area contributed by atoms with Gasteiger partial charge in [-0.25, -0.2) is 0 Å². The molecule has 0 aromatic carbocycles. The molecule has 0 fully saturated rings. The highest BCUT2D eigenvalue weighted by molar-refractivity contribution is 5.79. The Labute approximate surface area is 102 Å². The van der Waals surface area contributed by atoms with Crippen LogP contribution in [-0.4, -0.2) is 30.0 Å². The van der Waals surface area contributed by atoms with Gasteiger partial charge in [-0.1, -0.05) is 0 Å². The summed E-state index contributed by atoms with van der Waals surface area (Å²) >= 11 is 0. The molecule has 1 heterocycles. The molecule has 94 valence electrons. The Bertz CT molecular complexity index is 379. The van der Waals surface area contributed by atoms with Crippen molar-refractivity contribution < 1.29 is 4.79 Å². The molecular weight excluding hydrogens is 216 g/mol. The molecule has 17 heavy (non-hydrogen) atoms. The van der Waals surface area contributed by atoms with Gasteiger partial charge in [0.1, 0.15) is 0 Å². The standard InChI is InChI=1S/C12H20N4O/c1-4-15-10-5-11(7-14-6-10)16(9(2)3)8-12(13)17/h5-7,9,15H,4,8H2,1-3H3,(H2,13,17). The lowest BCUT2D eigenvalue weighted by atomic mass is 10.2. The van der Waals surface area contributed by atoms with Crippen molar-refractivity contribution in [2.75, 3.05) is 23.3 Å². The van der Waals surface area contributed by atoms with E-state index < -0.39 is 0 Å². The summed E-state index contributed by atoms with van der Waals surface area (Å²) in [6.07, 6.45) is 3.50. The van der Waals surface area contributed by atoms with Crippen molar-refractivity contribution in [1.29, 1.82) is 0 Å². The van der Waals surface area contributed by atoms with Gasteiger partial charge >= 0.3 is 0 Å². The molecule has 5 nitrogen and oxygen atoms in total. The minimum atomic E-state index is -0.340. The fourth-order valence-electron chi connectivity index (χ4n) is 1.63. The number of hydrogen-bond acceptors (Lipinski definition) is 4. The first-order valence-electron chi connectivity index (χ1n) is 5.78. The van der Waals surface area contributed by atoms with Gasteiger partial charge in [0.25, 0.3) is 0 Å². The monoisotopic (exact) mass is 236 g/mol. The highest BCUT2D eigenvalue weighted by atomic mass is 16.1. The molecule has 5 heteroatoms. The molecule has 0 atom stereocenters. The van der Waals surface area contributed by atoms with Crippen LogP contribution < -0.4 is 16.0 Å². The van der Waals surface area contributed by atoms with Crippen LogP contribution in [0.25, 0.3) is 0 Å². The fraction of sp³-hybridized carbons (Fsp3) is 0.500. The average molecular weight is 236 g/mol. The van der Waals surface area contributed by atoms with Crippen molar-refractivity contribution in [2.24, 2.45) is 5.73 Å². The zero-order chi connectivity index (χ0) is 12.8. The van der Waals surface area contributed by atoms with Gasteiger partial charge in [-0.15, -0.1) is 0 Å². The Hall–Kier alpha value is -1.78. The Balaban J connectivity index is 2.93. The quantitative estimate of drug-likeness (QED) is 0.779. The Morgan fingerprint density at radius 3 is 2.76 bits per heavy atom. The summed E-state index contributed by atoms with van der Waals surface area (Å²) in [4.78, 5) is 17.1. The highest BCUT2D eigenvalue weighted by Gasteiger charge is 2.13. The third-order valence-electron chi connectivity index (χ3n) is 2.39. The second-order valence-electron chi connectivity index (χ2n) is 4.15. The number of primary amides is 1. The van der Waals surface area contributed by atoms with Gasteiger partial charge in [-0.2, -0.15) is 0 Å².